The van der Waals surface area contributed by atoms with Crippen molar-refractivity contribution < 1.29 is 21.6 Å². The maximum Gasteiger partial charge on any atom is 0.416 e. The number of sulfone groups is 1. The molecule has 4 nitrogen and oxygen atoms in total. The van der Waals surface area contributed by atoms with Gasteiger partial charge < -0.3 is 4.90 Å². The molecule has 150 valence electrons. The fourth-order valence-corrected chi connectivity index (χ4v) is 7.22. The highest BCUT2D eigenvalue weighted by Crippen LogP contribution is 2.43. The zero-order valence-corrected chi connectivity index (χ0v) is 16.0. The third-order valence-electron chi connectivity index (χ3n) is 6.29. The third kappa shape index (κ3) is 3.97. The molecule has 1 aromatic carbocycles. The Morgan fingerprint density at radius 3 is 2.33 bits per heavy atom. The molecule has 4 rings (SSSR count). The van der Waals surface area contributed by atoms with Crippen LogP contribution in [0.4, 0.5) is 18.9 Å². The van der Waals surface area contributed by atoms with Crippen molar-refractivity contribution in [3.05, 3.63) is 29.8 Å². The summed E-state index contributed by atoms with van der Waals surface area (Å²) in [5, 5.41) is 0. The number of likely N-dealkylation sites (tertiary alicyclic amines) is 1. The molecule has 0 radical (unpaired) electrons. The highest BCUT2D eigenvalue weighted by Gasteiger charge is 2.52. The van der Waals surface area contributed by atoms with Crippen LogP contribution in [0, 0.1) is 5.41 Å². The lowest BCUT2D eigenvalue weighted by Gasteiger charge is -2.38. The van der Waals surface area contributed by atoms with E-state index in [1.165, 1.54) is 0 Å². The van der Waals surface area contributed by atoms with Crippen molar-refractivity contribution in [2.24, 2.45) is 5.41 Å². The first-order valence-electron chi connectivity index (χ1n) is 9.53. The monoisotopic (exact) mass is 402 g/mol. The van der Waals surface area contributed by atoms with E-state index in [-0.39, 0.29) is 5.41 Å². The number of hydrogen-bond acceptors (Lipinski definition) is 4. The van der Waals surface area contributed by atoms with E-state index >= 15 is 0 Å². The summed E-state index contributed by atoms with van der Waals surface area (Å²) >= 11 is 0. The Morgan fingerprint density at radius 1 is 1.00 bits per heavy atom. The van der Waals surface area contributed by atoms with Crippen LogP contribution in [0.15, 0.2) is 24.3 Å². The lowest BCUT2D eigenvalue weighted by Crippen LogP contribution is -2.51. The van der Waals surface area contributed by atoms with E-state index in [1.807, 2.05) is 0 Å². The number of hydrogen-bond donors (Lipinski definition) is 0. The zero-order chi connectivity index (χ0) is 19.3. The van der Waals surface area contributed by atoms with E-state index in [0.29, 0.717) is 17.5 Å². The van der Waals surface area contributed by atoms with Gasteiger partial charge in [-0.15, -0.1) is 0 Å². The van der Waals surface area contributed by atoms with Gasteiger partial charge >= 0.3 is 6.18 Å². The Hall–Kier alpha value is -1.28. The summed E-state index contributed by atoms with van der Waals surface area (Å²) in [7, 11) is -2.81. The summed E-state index contributed by atoms with van der Waals surface area (Å²) in [6, 6.07) is 5.87. The molecule has 0 N–H and O–H groups in total. The molecule has 1 aromatic rings. The Labute approximate surface area is 158 Å². The summed E-state index contributed by atoms with van der Waals surface area (Å²) in [5.74, 6) is 0.668. The molecule has 0 amide bonds. The number of alkyl halides is 3. The van der Waals surface area contributed by atoms with Crippen molar-refractivity contribution >= 4 is 15.5 Å². The van der Waals surface area contributed by atoms with Gasteiger partial charge in [-0.25, -0.2) is 8.42 Å². The normalized spacial score (nSPS) is 28.1. The highest BCUT2D eigenvalue weighted by molar-refractivity contribution is 7.92. The van der Waals surface area contributed by atoms with Crippen LogP contribution in [-0.2, 0) is 16.0 Å². The molecular formula is C19H25F3N2O2S. The Morgan fingerprint density at radius 2 is 1.70 bits per heavy atom. The minimum Gasteiger partial charge on any atom is -0.371 e. The quantitative estimate of drug-likeness (QED) is 0.762. The maximum absolute atomic E-state index is 12.7. The van der Waals surface area contributed by atoms with E-state index < -0.39 is 21.6 Å². The Bertz CT molecular complexity index is 780. The minimum absolute atomic E-state index is 0.0156. The van der Waals surface area contributed by atoms with Crippen LogP contribution in [0.3, 0.4) is 0 Å². The van der Waals surface area contributed by atoms with Gasteiger partial charge in [0.1, 0.15) is 0 Å². The predicted octanol–water partition coefficient (Wildman–Crippen LogP) is 3.18. The molecule has 3 heterocycles. The van der Waals surface area contributed by atoms with Crippen LogP contribution >= 0.6 is 0 Å². The average Bonchev–Trinajstić information content (AvgIpc) is 2.84. The third-order valence-corrected chi connectivity index (χ3v) is 8.40. The van der Waals surface area contributed by atoms with E-state index in [1.54, 1.807) is 12.1 Å². The summed E-state index contributed by atoms with van der Waals surface area (Å²) in [5.41, 5.74) is 0.210. The van der Waals surface area contributed by atoms with Gasteiger partial charge in [0.2, 0.25) is 0 Å². The number of nitrogens with zero attached hydrogens (tertiary/aromatic N) is 2. The molecule has 3 aliphatic rings. The number of rotatable bonds is 2. The van der Waals surface area contributed by atoms with Gasteiger partial charge in [0.05, 0.1) is 17.1 Å². The molecule has 0 saturated carbocycles. The lowest BCUT2D eigenvalue weighted by molar-refractivity contribution is -0.137. The van der Waals surface area contributed by atoms with Crippen LogP contribution in [0.1, 0.15) is 31.2 Å². The fourth-order valence-electron chi connectivity index (χ4n) is 4.97. The van der Waals surface area contributed by atoms with E-state index in [0.717, 1.165) is 69.7 Å². The van der Waals surface area contributed by atoms with Crippen molar-refractivity contribution in [3.8, 4) is 0 Å². The first-order valence-corrected chi connectivity index (χ1v) is 11.3. The van der Waals surface area contributed by atoms with Gasteiger partial charge in [-0.3, -0.25) is 4.90 Å². The molecule has 0 bridgehead atoms. The van der Waals surface area contributed by atoms with Crippen LogP contribution < -0.4 is 4.90 Å². The van der Waals surface area contributed by atoms with Crippen molar-refractivity contribution in [1.29, 1.82) is 0 Å². The predicted molar refractivity (Wildman–Crippen MR) is 98.6 cm³/mol. The molecule has 0 aromatic heterocycles. The van der Waals surface area contributed by atoms with Crippen LogP contribution in [0.25, 0.3) is 0 Å². The second-order valence-electron chi connectivity index (χ2n) is 8.37. The highest BCUT2D eigenvalue weighted by atomic mass is 32.2. The summed E-state index contributed by atoms with van der Waals surface area (Å²) < 4.78 is 61.4. The maximum atomic E-state index is 12.7. The molecule has 3 saturated heterocycles. The number of halogens is 3. The topological polar surface area (TPSA) is 40.6 Å². The van der Waals surface area contributed by atoms with E-state index in [2.05, 4.69) is 9.80 Å². The second kappa shape index (κ2) is 6.65. The van der Waals surface area contributed by atoms with Crippen molar-refractivity contribution in [2.75, 3.05) is 42.6 Å². The van der Waals surface area contributed by atoms with Crippen molar-refractivity contribution in [3.63, 3.8) is 0 Å². The van der Waals surface area contributed by atoms with Crippen LogP contribution in [0.2, 0.25) is 0 Å². The molecule has 1 spiro atoms. The average molecular weight is 402 g/mol. The Kier molecular flexibility index (Phi) is 4.70. The standard InChI is InChI=1S/C19H25F3N2O2S/c20-19(21,22)15-3-5-17(6-4-15)23-9-1-2-16(7-10-23)24-11-8-18(12-24)13-27(25,26)14-18/h3-6,16H,1-2,7-14H2. The summed E-state index contributed by atoms with van der Waals surface area (Å²) in [6.45, 7) is 3.49. The Balaban J connectivity index is 1.36. The molecule has 27 heavy (non-hydrogen) atoms. The molecule has 1 unspecified atom stereocenters. The molecule has 3 aliphatic heterocycles. The molecule has 1 atom stereocenters. The van der Waals surface area contributed by atoms with Crippen LogP contribution in [0.5, 0.6) is 0 Å². The fraction of sp³-hybridized carbons (Fsp3) is 0.684. The number of anilines is 1. The largest absolute Gasteiger partial charge is 0.416 e. The first kappa shape index (κ1) is 19.1. The summed E-state index contributed by atoms with van der Waals surface area (Å²) in [6.07, 6.45) is -0.328. The lowest BCUT2D eigenvalue weighted by atomic mass is 9.91. The number of benzene rings is 1. The smallest absolute Gasteiger partial charge is 0.371 e. The van der Waals surface area contributed by atoms with Crippen molar-refractivity contribution in [2.45, 2.75) is 37.9 Å². The van der Waals surface area contributed by atoms with Gasteiger partial charge in [0.15, 0.2) is 9.84 Å². The molecular weight excluding hydrogens is 377 g/mol. The summed E-state index contributed by atoms with van der Waals surface area (Å²) in [4.78, 5) is 4.62. The molecule has 0 aliphatic carbocycles. The first-order chi connectivity index (χ1) is 12.7. The van der Waals surface area contributed by atoms with Gasteiger partial charge in [-0.1, -0.05) is 0 Å². The van der Waals surface area contributed by atoms with Gasteiger partial charge in [-0.2, -0.15) is 13.2 Å². The van der Waals surface area contributed by atoms with Gasteiger partial charge in [0.25, 0.3) is 0 Å². The molecule has 3 fully saturated rings. The second-order valence-corrected chi connectivity index (χ2v) is 10.4. The van der Waals surface area contributed by atoms with Crippen molar-refractivity contribution in [1.82, 2.24) is 4.90 Å². The molecule has 8 heteroatoms. The SMILES string of the molecule is O=S1(=O)CC2(CCN(C3CCCN(c4ccc(C(F)(F)F)cc4)CC3)C2)C1. The van der Waals surface area contributed by atoms with Gasteiger partial charge in [0, 0.05) is 36.8 Å². The van der Waals surface area contributed by atoms with E-state index in [4.69, 9.17) is 0 Å². The zero-order valence-electron chi connectivity index (χ0n) is 15.2. The minimum atomic E-state index is -4.30. The van der Waals surface area contributed by atoms with Gasteiger partial charge in [-0.05, 0) is 56.5 Å². The van der Waals surface area contributed by atoms with E-state index in [9.17, 15) is 21.6 Å². The van der Waals surface area contributed by atoms with Crippen LogP contribution in [-0.4, -0.2) is 57.0 Å².